The molecule has 0 aromatic carbocycles. The summed E-state index contributed by atoms with van der Waals surface area (Å²) < 4.78 is 0. The minimum atomic E-state index is -0.441. The van der Waals surface area contributed by atoms with Gasteiger partial charge in [-0.2, -0.15) is 0 Å². The summed E-state index contributed by atoms with van der Waals surface area (Å²) in [5.74, 6) is 1.20. The molecule has 1 saturated carbocycles. The first kappa shape index (κ1) is 14.5. The standard InChI is InChI=1S/C14H27NO2/c1-10(2)15(9-12(4)16)14(17)13-7-5-11(3)6-8-13/h10-13,16H,5-9H2,1-4H3. The zero-order chi connectivity index (χ0) is 13.0. The minimum absolute atomic E-state index is 0.177. The van der Waals surface area contributed by atoms with Crippen molar-refractivity contribution in [1.82, 2.24) is 4.90 Å². The molecule has 0 heterocycles. The van der Waals surface area contributed by atoms with Gasteiger partial charge in [-0.25, -0.2) is 0 Å². The van der Waals surface area contributed by atoms with Gasteiger partial charge in [0.2, 0.25) is 5.91 Å². The monoisotopic (exact) mass is 241 g/mol. The quantitative estimate of drug-likeness (QED) is 0.821. The van der Waals surface area contributed by atoms with E-state index in [1.54, 1.807) is 6.92 Å². The molecule has 0 aliphatic heterocycles. The molecule has 0 radical (unpaired) electrons. The molecule has 1 fully saturated rings. The molecule has 3 heteroatoms. The molecule has 1 amide bonds. The fraction of sp³-hybridized carbons (Fsp3) is 0.929. The molecule has 0 aromatic rings. The van der Waals surface area contributed by atoms with Crippen LogP contribution in [0.1, 0.15) is 53.4 Å². The predicted molar refractivity (Wildman–Crippen MR) is 69.7 cm³/mol. The summed E-state index contributed by atoms with van der Waals surface area (Å²) in [4.78, 5) is 14.2. The summed E-state index contributed by atoms with van der Waals surface area (Å²) in [7, 11) is 0. The Bertz CT molecular complexity index is 243. The zero-order valence-corrected chi connectivity index (χ0v) is 11.6. The van der Waals surface area contributed by atoms with E-state index >= 15 is 0 Å². The van der Waals surface area contributed by atoms with E-state index in [1.165, 1.54) is 0 Å². The molecule has 1 aliphatic rings. The van der Waals surface area contributed by atoms with Gasteiger partial charge in [0.1, 0.15) is 0 Å². The first-order valence-corrected chi connectivity index (χ1v) is 6.90. The topological polar surface area (TPSA) is 40.5 Å². The van der Waals surface area contributed by atoms with Gasteiger partial charge in [0.05, 0.1) is 6.10 Å². The van der Waals surface area contributed by atoms with Crippen LogP contribution in [-0.2, 0) is 4.79 Å². The van der Waals surface area contributed by atoms with Crippen molar-refractivity contribution in [3.05, 3.63) is 0 Å². The van der Waals surface area contributed by atoms with Crippen molar-refractivity contribution in [3.8, 4) is 0 Å². The Hall–Kier alpha value is -0.570. The fourth-order valence-corrected chi connectivity index (χ4v) is 2.58. The largest absolute Gasteiger partial charge is 0.392 e. The first-order chi connectivity index (χ1) is 7.91. The fourth-order valence-electron chi connectivity index (χ4n) is 2.58. The molecule has 1 rings (SSSR count). The Balaban J connectivity index is 2.58. The summed E-state index contributed by atoms with van der Waals surface area (Å²) in [5, 5.41) is 9.47. The van der Waals surface area contributed by atoms with Gasteiger partial charge < -0.3 is 10.0 Å². The highest BCUT2D eigenvalue weighted by atomic mass is 16.3. The lowest BCUT2D eigenvalue weighted by Gasteiger charge is -2.34. The van der Waals surface area contributed by atoms with Crippen LogP contribution < -0.4 is 0 Å². The van der Waals surface area contributed by atoms with Gasteiger partial charge in [-0.15, -0.1) is 0 Å². The third kappa shape index (κ3) is 4.30. The van der Waals surface area contributed by atoms with Crippen molar-refractivity contribution in [2.75, 3.05) is 6.54 Å². The van der Waals surface area contributed by atoms with Crippen LogP contribution in [0.25, 0.3) is 0 Å². The van der Waals surface area contributed by atoms with Crippen molar-refractivity contribution in [2.24, 2.45) is 11.8 Å². The summed E-state index contributed by atoms with van der Waals surface area (Å²) in [6.07, 6.45) is 3.92. The Morgan fingerprint density at radius 2 is 1.76 bits per heavy atom. The third-order valence-electron chi connectivity index (χ3n) is 3.73. The minimum Gasteiger partial charge on any atom is -0.392 e. The van der Waals surface area contributed by atoms with E-state index in [0.29, 0.717) is 6.54 Å². The van der Waals surface area contributed by atoms with Crippen LogP contribution in [0.15, 0.2) is 0 Å². The number of aliphatic hydroxyl groups is 1. The molecule has 1 aliphatic carbocycles. The van der Waals surface area contributed by atoms with Gasteiger partial charge in [-0.05, 0) is 52.4 Å². The second-order valence-corrected chi connectivity index (χ2v) is 5.89. The number of amides is 1. The van der Waals surface area contributed by atoms with E-state index in [2.05, 4.69) is 6.92 Å². The summed E-state index contributed by atoms with van der Waals surface area (Å²) in [5.41, 5.74) is 0. The average molecular weight is 241 g/mol. The number of hydrogen-bond acceptors (Lipinski definition) is 2. The van der Waals surface area contributed by atoms with E-state index in [4.69, 9.17) is 0 Å². The molecule has 0 spiro atoms. The Morgan fingerprint density at radius 1 is 1.24 bits per heavy atom. The molecular formula is C14H27NO2. The van der Waals surface area contributed by atoms with Crippen molar-refractivity contribution in [1.29, 1.82) is 0 Å². The highest BCUT2D eigenvalue weighted by Gasteiger charge is 2.29. The van der Waals surface area contributed by atoms with Gasteiger partial charge in [0.15, 0.2) is 0 Å². The first-order valence-electron chi connectivity index (χ1n) is 6.90. The normalized spacial score (nSPS) is 26.9. The Labute approximate surface area is 105 Å². The molecule has 1 N–H and O–H groups in total. The number of carbonyl (C=O) groups is 1. The lowest BCUT2D eigenvalue weighted by atomic mass is 9.82. The summed E-state index contributed by atoms with van der Waals surface area (Å²) in [6.45, 7) is 8.50. The summed E-state index contributed by atoms with van der Waals surface area (Å²) in [6, 6.07) is 0.177. The van der Waals surface area contributed by atoms with Crippen LogP contribution in [0.5, 0.6) is 0 Å². The number of carbonyl (C=O) groups excluding carboxylic acids is 1. The van der Waals surface area contributed by atoms with Crippen molar-refractivity contribution in [2.45, 2.75) is 65.5 Å². The molecule has 100 valence electrons. The number of aliphatic hydroxyl groups excluding tert-OH is 1. The number of hydrogen-bond donors (Lipinski definition) is 1. The smallest absolute Gasteiger partial charge is 0.225 e. The second-order valence-electron chi connectivity index (χ2n) is 5.89. The van der Waals surface area contributed by atoms with Gasteiger partial charge in [-0.1, -0.05) is 6.92 Å². The summed E-state index contributed by atoms with van der Waals surface area (Å²) >= 11 is 0. The molecule has 0 aromatic heterocycles. The molecule has 1 unspecified atom stereocenters. The number of nitrogens with zero attached hydrogens (tertiary/aromatic N) is 1. The second kappa shape index (κ2) is 6.39. The SMILES string of the molecule is CC(O)CN(C(=O)C1CCC(C)CC1)C(C)C. The van der Waals surface area contributed by atoms with E-state index in [9.17, 15) is 9.90 Å². The van der Waals surface area contributed by atoms with Crippen LogP contribution in [0.2, 0.25) is 0 Å². The van der Waals surface area contributed by atoms with Crippen molar-refractivity contribution >= 4 is 5.91 Å². The van der Waals surface area contributed by atoms with Gasteiger partial charge in [0, 0.05) is 18.5 Å². The molecule has 0 bridgehead atoms. The van der Waals surface area contributed by atoms with Crippen molar-refractivity contribution in [3.63, 3.8) is 0 Å². The van der Waals surface area contributed by atoms with Crippen LogP contribution in [-0.4, -0.2) is 34.6 Å². The molecular weight excluding hydrogens is 214 g/mol. The predicted octanol–water partition coefficient (Wildman–Crippen LogP) is 2.43. The highest BCUT2D eigenvalue weighted by molar-refractivity contribution is 5.79. The third-order valence-corrected chi connectivity index (χ3v) is 3.73. The molecule has 0 saturated heterocycles. The highest BCUT2D eigenvalue weighted by Crippen LogP contribution is 2.30. The van der Waals surface area contributed by atoms with Crippen LogP contribution in [0.3, 0.4) is 0 Å². The van der Waals surface area contributed by atoms with Crippen LogP contribution in [0, 0.1) is 11.8 Å². The van der Waals surface area contributed by atoms with E-state index in [0.717, 1.165) is 31.6 Å². The lowest BCUT2D eigenvalue weighted by Crippen LogP contribution is -2.45. The molecule has 1 atom stereocenters. The zero-order valence-electron chi connectivity index (χ0n) is 11.6. The van der Waals surface area contributed by atoms with E-state index in [-0.39, 0.29) is 17.9 Å². The number of rotatable bonds is 4. The van der Waals surface area contributed by atoms with Gasteiger partial charge >= 0.3 is 0 Å². The van der Waals surface area contributed by atoms with Crippen LogP contribution >= 0.6 is 0 Å². The van der Waals surface area contributed by atoms with E-state index < -0.39 is 6.10 Å². The molecule has 17 heavy (non-hydrogen) atoms. The Kier molecular flexibility index (Phi) is 5.44. The maximum atomic E-state index is 12.4. The van der Waals surface area contributed by atoms with Gasteiger partial charge in [0.25, 0.3) is 0 Å². The van der Waals surface area contributed by atoms with Crippen molar-refractivity contribution < 1.29 is 9.90 Å². The van der Waals surface area contributed by atoms with E-state index in [1.807, 2.05) is 18.7 Å². The maximum absolute atomic E-state index is 12.4. The van der Waals surface area contributed by atoms with Crippen LogP contribution in [0.4, 0.5) is 0 Å². The molecule has 3 nitrogen and oxygen atoms in total. The van der Waals surface area contributed by atoms with Gasteiger partial charge in [-0.3, -0.25) is 4.79 Å². The average Bonchev–Trinajstić information content (AvgIpc) is 2.25. The Morgan fingerprint density at radius 3 is 2.18 bits per heavy atom. The lowest BCUT2D eigenvalue weighted by molar-refractivity contribution is -0.140. The maximum Gasteiger partial charge on any atom is 0.225 e.